The van der Waals surface area contributed by atoms with Crippen molar-refractivity contribution >= 4 is 29.4 Å². The molecular formula is C20H26ClN5O3. The van der Waals surface area contributed by atoms with Gasteiger partial charge in [0.25, 0.3) is 0 Å². The SMILES string of the molecule is CCc1ncnc(NC(C)c2ccc(OC(=O)NCCCNC(C)=O)cc2)c1Cl. The Kier molecular flexibility index (Phi) is 8.67. The van der Waals surface area contributed by atoms with Gasteiger partial charge in [0.2, 0.25) is 5.91 Å². The summed E-state index contributed by atoms with van der Waals surface area (Å²) in [5, 5.41) is 9.10. The summed E-state index contributed by atoms with van der Waals surface area (Å²) in [4.78, 5) is 30.9. The highest BCUT2D eigenvalue weighted by atomic mass is 35.5. The largest absolute Gasteiger partial charge is 0.412 e. The molecule has 0 aliphatic rings. The van der Waals surface area contributed by atoms with Crippen LogP contribution >= 0.6 is 11.6 Å². The number of ether oxygens (including phenoxy) is 1. The molecule has 2 amide bonds. The Balaban J connectivity index is 1.84. The summed E-state index contributed by atoms with van der Waals surface area (Å²) in [6.45, 7) is 6.34. The maximum atomic E-state index is 11.8. The molecule has 2 aromatic rings. The van der Waals surface area contributed by atoms with E-state index in [9.17, 15) is 9.59 Å². The predicted octanol–water partition coefficient (Wildman–Crippen LogP) is 3.48. The van der Waals surface area contributed by atoms with Crippen LogP contribution in [0.25, 0.3) is 0 Å². The number of amides is 2. The van der Waals surface area contributed by atoms with Gasteiger partial charge >= 0.3 is 6.09 Å². The standard InChI is InChI=1S/C20H26ClN5O3/c1-4-17-18(21)19(25-12-24-17)26-13(2)15-6-8-16(9-7-15)29-20(28)23-11-5-10-22-14(3)27/h6-9,12-13H,4-5,10-11H2,1-3H3,(H,22,27)(H,23,28)(H,24,25,26). The van der Waals surface area contributed by atoms with Gasteiger partial charge in [0.15, 0.2) is 0 Å². The molecule has 0 fully saturated rings. The molecule has 3 N–H and O–H groups in total. The Morgan fingerprint density at radius 2 is 1.83 bits per heavy atom. The summed E-state index contributed by atoms with van der Waals surface area (Å²) in [6, 6.07) is 7.14. The highest BCUT2D eigenvalue weighted by Gasteiger charge is 2.12. The van der Waals surface area contributed by atoms with Crippen LogP contribution in [0.2, 0.25) is 5.02 Å². The van der Waals surface area contributed by atoms with E-state index in [2.05, 4.69) is 25.9 Å². The van der Waals surface area contributed by atoms with Gasteiger partial charge in [-0.3, -0.25) is 4.79 Å². The predicted molar refractivity (Wildman–Crippen MR) is 112 cm³/mol. The Bertz CT molecular complexity index is 829. The van der Waals surface area contributed by atoms with E-state index in [1.54, 1.807) is 12.1 Å². The topological polar surface area (TPSA) is 105 Å². The first kappa shape index (κ1) is 22.4. The van der Waals surface area contributed by atoms with Crippen molar-refractivity contribution in [2.75, 3.05) is 18.4 Å². The number of hydrogen-bond donors (Lipinski definition) is 3. The second kappa shape index (κ2) is 11.2. The highest BCUT2D eigenvalue weighted by Crippen LogP contribution is 2.27. The van der Waals surface area contributed by atoms with Crippen LogP contribution in [0.5, 0.6) is 5.75 Å². The number of halogens is 1. The Labute approximate surface area is 175 Å². The van der Waals surface area contributed by atoms with Crippen molar-refractivity contribution in [3.8, 4) is 5.75 Å². The average molecular weight is 420 g/mol. The van der Waals surface area contributed by atoms with Crippen LogP contribution in [-0.2, 0) is 11.2 Å². The van der Waals surface area contributed by atoms with E-state index in [0.29, 0.717) is 36.1 Å². The van der Waals surface area contributed by atoms with Crippen LogP contribution in [0.4, 0.5) is 10.6 Å². The lowest BCUT2D eigenvalue weighted by Gasteiger charge is -2.17. The maximum absolute atomic E-state index is 11.8. The zero-order valence-electron chi connectivity index (χ0n) is 16.8. The second-order valence-corrected chi connectivity index (χ2v) is 6.80. The molecule has 0 saturated carbocycles. The Hall–Kier alpha value is -2.87. The van der Waals surface area contributed by atoms with Crippen molar-refractivity contribution in [1.82, 2.24) is 20.6 Å². The number of anilines is 1. The molecule has 0 radical (unpaired) electrons. The van der Waals surface area contributed by atoms with E-state index in [1.165, 1.54) is 13.3 Å². The van der Waals surface area contributed by atoms with Crippen LogP contribution in [0.15, 0.2) is 30.6 Å². The fourth-order valence-electron chi connectivity index (χ4n) is 2.55. The molecule has 1 unspecified atom stereocenters. The summed E-state index contributed by atoms with van der Waals surface area (Å²) < 4.78 is 5.24. The molecule has 2 rings (SSSR count). The van der Waals surface area contributed by atoms with E-state index in [4.69, 9.17) is 16.3 Å². The minimum absolute atomic E-state index is 0.0521. The summed E-state index contributed by atoms with van der Waals surface area (Å²) >= 11 is 6.33. The lowest BCUT2D eigenvalue weighted by molar-refractivity contribution is -0.118. The van der Waals surface area contributed by atoms with Gasteiger partial charge in [0, 0.05) is 26.1 Å². The summed E-state index contributed by atoms with van der Waals surface area (Å²) in [5.74, 6) is 0.933. The number of rotatable bonds is 9. The van der Waals surface area contributed by atoms with Gasteiger partial charge in [0.05, 0.1) is 5.69 Å². The third-order valence-electron chi connectivity index (χ3n) is 4.14. The molecular weight excluding hydrogens is 394 g/mol. The number of aryl methyl sites for hydroxylation is 1. The summed E-state index contributed by atoms with van der Waals surface area (Å²) in [7, 11) is 0. The normalized spacial score (nSPS) is 11.4. The van der Waals surface area contributed by atoms with Gasteiger partial charge in [-0.25, -0.2) is 14.8 Å². The molecule has 156 valence electrons. The quantitative estimate of drug-likeness (QED) is 0.537. The lowest BCUT2D eigenvalue weighted by Crippen LogP contribution is -2.30. The van der Waals surface area contributed by atoms with Gasteiger partial charge in [-0.15, -0.1) is 0 Å². The number of benzene rings is 1. The Morgan fingerprint density at radius 3 is 2.48 bits per heavy atom. The number of nitrogens with zero attached hydrogens (tertiary/aromatic N) is 2. The summed E-state index contributed by atoms with van der Waals surface area (Å²) in [5.41, 5.74) is 1.78. The fourth-order valence-corrected chi connectivity index (χ4v) is 2.84. The van der Waals surface area contributed by atoms with E-state index < -0.39 is 6.09 Å². The third-order valence-corrected chi connectivity index (χ3v) is 4.53. The molecule has 0 aliphatic carbocycles. The molecule has 0 saturated heterocycles. The zero-order valence-corrected chi connectivity index (χ0v) is 17.5. The van der Waals surface area contributed by atoms with Crippen LogP contribution < -0.4 is 20.7 Å². The van der Waals surface area contributed by atoms with E-state index in [0.717, 1.165) is 17.7 Å². The number of nitrogens with one attached hydrogen (secondary N) is 3. The monoisotopic (exact) mass is 419 g/mol. The van der Waals surface area contributed by atoms with Gasteiger partial charge in [-0.2, -0.15) is 0 Å². The second-order valence-electron chi connectivity index (χ2n) is 6.42. The van der Waals surface area contributed by atoms with Crippen molar-refractivity contribution in [3.05, 3.63) is 46.9 Å². The van der Waals surface area contributed by atoms with Crippen molar-refractivity contribution in [3.63, 3.8) is 0 Å². The van der Waals surface area contributed by atoms with Gasteiger partial charge in [-0.05, 0) is 37.5 Å². The van der Waals surface area contributed by atoms with Crippen molar-refractivity contribution in [1.29, 1.82) is 0 Å². The number of hydrogen-bond acceptors (Lipinski definition) is 6. The third kappa shape index (κ3) is 7.23. The molecule has 1 heterocycles. The fraction of sp³-hybridized carbons (Fsp3) is 0.400. The number of aromatic nitrogens is 2. The maximum Gasteiger partial charge on any atom is 0.412 e. The van der Waals surface area contributed by atoms with E-state index >= 15 is 0 Å². The van der Waals surface area contributed by atoms with Crippen LogP contribution in [0, 0.1) is 0 Å². The van der Waals surface area contributed by atoms with E-state index in [-0.39, 0.29) is 11.9 Å². The van der Waals surface area contributed by atoms with Crippen LogP contribution in [0.3, 0.4) is 0 Å². The van der Waals surface area contributed by atoms with Gasteiger partial charge in [-0.1, -0.05) is 30.7 Å². The van der Waals surface area contributed by atoms with Crippen molar-refractivity contribution < 1.29 is 14.3 Å². The van der Waals surface area contributed by atoms with Crippen molar-refractivity contribution in [2.24, 2.45) is 0 Å². The smallest absolute Gasteiger partial charge is 0.410 e. The first-order chi connectivity index (χ1) is 13.9. The molecule has 0 bridgehead atoms. The number of carbonyl (C=O) groups excluding carboxylic acids is 2. The molecule has 0 spiro atoms. The minimum atomic E-state index is -0.536. The van der Waals surface area contributed by atoms with Crippen LogP contribution in [0.1, 0.15) is 44.5 Å². The molecule has 29 heavy (non-hydrogen) atoms. The molecule has 8 nitrogen and oxygen atoms in total. The minimum Gasteiger partial charge on any atom is -0.410 e. The zero-order chi connectivity index (χ0) is 21.2. The molecule has 1 aromatic carbocycles. The summed E-state index contributed by atoms with van der Waals surface area (Å²) in [6.07, 6.45) is 2.31. The molecule has 9 heteroatoms. The Morgan fingerprint density at radius 1 is 1.14 bits per heavy atom. The van der Waals surface area contributed by atoms with E-state index in [1.807, 2.05) is 26.0 Å². The van der Waals surface area contributed by atoms with Crippen molar-refractivity contribution in [2.45, 2.75) is 39.7 Å². The highest BCUT2D eigenvalue weighted by molar-refractivity contribution is 6.33. The number of carbonyl (C=O) groups is 2. The first-order valence-electron chi connectivity index (χ1n) is 9.46. The first-order valence-corrected chi connectivity index (χ1v) is 9.84. The molecule has 1 aromatic heterocycles. The van der Waals surface area contributed by atoms with Gasteiger partial charge < -0.3 is 20.7 Å². The molecule has 0 aliphatic heterocycles. The van der Waals surface area contributed by atoms with Gasteiger partial charge in [0.1, 0.15) is 22.9 Å². The average Bonchev–Trinajstić information content (AvgIpc) is 2.69. The molecule has 1 atom stereocenters. The van der Waals surface area contributed by atoms with Crippen LogP contribution in [-0.4, -0.2) is 35.1 Å². The lowest BCUT2D eigenvalue weighted by atomic mass is 10.1.